The smallest absolute Gasteiger partial charge is 0.497 e. The zero-order valence-electron chi connectivity index (χ0n) is 19.3. The van der Waals surface area contributed by atoms with E-state index >= 15 is 0 Å². The third-order valence-corrected chi connectivity index (χ3v) is 6.41. The number of benzene rings is 4. The molecule has 0 bridgehead atoms. The molecule has 0 unspecified atom stereocenters. The molecule has 5 heteroatoms. The summed E-state index contributed by atoms with van der Waals surface area (Å²) in [4.78, 5) is 9.44. The number of nitrogens with zero attached hydrogens (tertiary/aromatic N) is 3. The zero-order chi connectivity index (χ0) is 23.4. The van der Waals surface area contributed by atoms with Crippen LogP contribution in [-0.4, -0.2) is 14.4 Å². The molecule has 3 aromatic heterocycles. The van der Waals surface area contributed by atoms with E-state index in [1.807, 2.05) is 54.6 Å². The van der Waals surface area contributed by atoms with Gasteiger partial charge in [-0.05, 0) is 35.3 Å². The zero-order valence-corrected chi connectivity index (χ0v) is 20.9. The molecule has 0 amide bonds. The number of para-hydroxylation sites is 3. The van der Waals surface area contributed by atoms with Gasteiger partial charge in [0.15, 0.2) is 0 Å². The van der Waals surface area contributed by atoms with E-state index in [1.165, 1.54) is 0 Å². The molecular weight excluding hydrogens is 537 g/mol. The van der Waals surface area contributed by atoms with Crippen LogP contribution in [0.1, 0.15) is 5.56 Å². The van der Waals surface area contributed by atoms with Crippen molar-refractivity contribution >= 4 is 38.4 Å². The van der Waals surface area contributed by atoms with Crippen molar-refractivity contribution in [3.05, 3.63) is 115 Å². The number of imidazole rings is 1. The Balaban J connectivity index is 0.00000240. The molecule has 0 radical (unpaired) electrons. The monoisotopic (exact) mass is 555 g/mol. The van der Waals surface area contributed by atoms with Gasteiger partial charge < -0.3 is 14.1 Å². The van der Waals surface area contributed by atoms with Crippen LogP contribution in [0.2, 0.25) is 0 Å². The molecule has 0 saturated carbocycles. The van der Waals surface area contributed by atoms with Crippen molar-refractivity contribution in [2.75, 3.05) is 0 Å². The summed E-state index contributed by atoms with van der Waals surface area (Å²) in [5.41, 5.74) is 6.91. The van der Waals surface area contributed by atoms with E-state index < -0.39 is 0 Å². The van der Waals surface area contributed by atoms with Gasteiger partial charge in [-0.15, -0.1) is 29.3 Å². The number of hydrogen-bond acceptors (Lipinski definition) is 3. The minimum atomic E-state index is 0. The molecule has 0 spiro atoms. The molecule has 0 saturated heterocycles. The summed E-state index contributed by atoms with van der Waals surface area (Å²) in [6.07, 6.45) is 1.79. The minimum Gasteiger partial charge on any atom is -0.497 e. The number of pyridine rings is 2. The van der Waals surface area contributed by atoms with Crippen LogP contribution in [0.4, 0.5) is 0 Å². The molecule has 0 fully saturated rings. The maximum atomic E-state index is 6.26. The van der Waals surface area contributed by atoms with Crippen LogP contribution in [0.15, 0.2) is 97.2 Å². The molecule has 0 N–H and O–H groups in total. The quantitative estimate of drug-likeness (QED) is 0.128. The van der Waals surface area contributed by atoms with Gasteiger partial charge in [-0.25, -0.2) is 0 Å². The Morgan fingerprint density at radius 1 is 0.722 bits per heavy atom. The Kier molecular flexibility index (Phi) is 5.53. The van der Waals surface area contributed by atoms with Crippen LogP contribution in [0.25, 0.3) is 49.6 Å². The van der Waals surface area contributed by atoms with Gasteiger partial charge in [0, 0.05) is 23.2 Å². The van der Waals surface area contributed by atoms with Gasteiger partial charge in [0.25, 0.3) is 0 Å². The standard InChI is InChI=1S/C31H19N3O.Pd/c1-20-13-14-21(18-25(20)27-9-6-7-17-32-27)35-22-15-16-23-24-8-2-4-11-29(24)34-30-12-5-3-10-28(30)33-31(34)26(23)19-22;/h2-17H,1H3;/q-2;+2. The third-order valence-electron chi connectivity index (χ3n) is 6.41. The van der Waals surface area contributed by atoms with Gasteiger partial charge in [0.1, 0.15) is 0 Å². The van der Waals surface area contributed by atoms with Gasteiger partial charge in [-0.2, -0.15) is 0 Å². The van der Waals surface area contributed by atoms with Crippen LogP contribution >= 0.6 is 0 Å². The van der Waals surface area contributed by atoms with Gasteiger partial charge in [-0.3, -0.25) is 4.98 Å². The molecule has 0 aliphatic carbocycles. The van der Waals surface area contributed by atoms with Gasteiger partial charge in [0.2, 0.25) is 0 Å². The molecule has 4 nitrogen and oxygen atoms in total. The molecule has 7 aromatic rings. The second-order valence-corrected chi connectivity index (χ2v) is 8.59. The molecule has 3 heterocycles. The summed E-state index contributed by atoms with van der Waals surface area (Å²) < 4.78 is 8.48. The predicted molar refractivity (Wildman–Crippen MR) is 140 cm³/mol. The Morgan fingerprint density at radius 3 is 2.33 bits per heavy atom. The number of aromatic nitrogens is 3. The first-order valence-corrected chi connectivity index (χ1v) is 11.5. The Bertz CT molecular complexity index is 1890. The SMILES string of the molecule is Cc1ccc(Oc2[c-]c3c(cc2)c2ccccc2n2c4ccccc4nc32)[c-]c1-c1ccccn1.[Pd+2]. The number of ether oxygens (including phenoxy) is 1. The van der Waals surface area contributed by atoms with Gasteiger partial charge in [-0.1, -0.05) is 78.4 Å². The molecule has 4 aromatic carbocycles. The van der Waals surface area contributed by atoms with E-state index in [2.05, 4.69) is 64.8 Å². The maximum Gasteiger partial charge on any atom is 2.00 e. The first-order valence-electron chi connectivity index (χ1n) is 11.5. The van der Waals surface area contributed by atoms with E-state index in [9.17, 15) is 0 Å². The number of aryl methyl sites for hydroxylation is 1. The Labute approximate surface area is 221 Å². The van der Waals surface area contributed by atoms with Crippen molar-refractivity contribution in [3.63, 3.8) is 0 Å². The molecular formula is C31H19N3OPd. The van der Waals surface area contributed by atoms with E-state index in [0.29, 0.717) is 11.5 Å². The van der Waals surface area contributed by atoms with Crippen molar-refractivity contribution in [3.8, 4) is 22.8 Å². The number of rotatable bonds is 3. The molecule has 36 heavy (non-hydrogen) atoms. The molecule has 0 aliphatic rings. The van der Waals surface area contributed by atoms with Crippen LogP contribution in [0, 0.1) is 19.1 Å². The molecule has 0 aliphatic heterocycles. The summed E-state index contributed by atoms with van der Waals surface area (Å²) in [6.45, 7) is 2.05. The Hall–Kier alpha value is -4.04. The average molecular weight is 556 g/mol. The predicted octanol–water partition coefficient (Wildman–Crippen LogP) is 7.55. The first-order chi connectivity index (χ1) is 17.3. The fraction of sp³-hybridized carbons (Fsp3) is 0.0323. The van der Waals surface area contributed by atoms with Crippen molar-refractivity contribution in [2.24, 2.45) is 0 Å². The van der Waals surface area contributed by atoms with E-state index in [1.54, 1.807) is 6.20 Å². The largest absolute Gasteiger partial charge is 2.00 e. The van der Waals surface area contributed by atoms with Crippen molar-refractivity contribution in [2.45, 2.75) is 6.92 Å². The van der Waals surface area contributed by atoms with Crippen LogP contribution in [-0.2, 0) is 20.4 Å². The molecule has 7 rings (SSSR count). The molecule has 174 valence electrons. The van der Waals surface area contributed by atoms with E-state index in [0.717, 1.165) is 55.2 Å². The minimum absolute atomic E-state index is 0. The maximum absolute atomic E-state index is 6.26. The fourth-order valence-corrected chi connectivity index (χ4v) is 4.77. The summed E-state index contributed by atoms with van der Waals surface area (Å²) in [7, 11) is 0. The van der Waals surface area contributed by atoms with Gasteiger partial charge in [0.05, 0.1) is 16.7 Å². The van der Waals surface area contributed by atoms with Crippen LogP contribution in [0.3, 0.4) is 0 Å². The second-order valence-electron chi connectivity index (χ2n) is 8.59. The summed E-state index contributed by atoms with van der Waals surface area (Å²) >= 11 is 0. The first kappa shape index (κ1) is 22.4. The molecule has 0 atom stereocenters. The Morgan fingerprint density at radius 2 is 1.47 bits per heavy atom. The van der Waals surface area contributed by atoms with Crippen LogP contribution < -0.4 is 4.74 Å². The second kappa shape index (κ2) is 8.88. The van der Waals surface area contributed by atoms with Crippen molar-refractivity contribution < 1.29 is 25.2 Å². The summed E-state index contributed by atoms with van der Waals surface area (Å²) in [5, 5.41) is 3.17. The van der Waals surface area contributed by atoms with Crippen LogP contribution in [0.5, 0.6) is 11.5 Å². The number of hydrogen-bond donors (Lipinski definition) is 0. The number of fused-ring (bicyclic) bond motifs is 8. The normalized spacial score (nSPS) is 11.2. The van der Waals surface area contributed by atoms with Crippen molar-refractivity contribution in [1.29, 1.82) is 0 Å². The van der Waals surface area contributed by atoms with Crippen molar-refractivity contribution in [1.82, 2.24) is 14.4 Å². The summed E-state index contributed by atoms with van der Waals surface area (Å²) in [5.74, 6) is 1.24. The fourth-order valence-electron chi connectivity index (χ4n) is 4.77. The third kappa shape index (κ3) is 3.57. The van der Waals surface area contributed by atoms with Gasteiger partial charge >= 0.3 is 20.4 Å². The average Bonchev–Trinajstić information content (AvgIpc) is 3.31. The summed E-state index contributed by atoms with van der Waals surface area (Å²) in [6, 6.07) is 37.4. The van der Waals surface area contributed by atoms with E-state index in [4.69, 9.17) is 9.72 Å². The topological polar surface area (TPSA) is 39.4 Å². The van der Waals surface area contributed by atoms with E-state index in [-0.39, 0.29) is 20.4 Å².